The average Bonchev–Trinajstić information content (AvgIpc) is 3.22. The lowest BCUT2D eigenvalue weighted by atomic mass is 10.1. The predicted molar refractivity (Wildman–Crippen MR) is 124 cm³/mol. The molecule has 4 aromatic rings. The third-order valence-electron chi connectivity index (χ3n) is 5.28. The summed E-state index contributed by atoms with van der Waals surface area (Å²) in [6.07, 6.45) is 1.45. The Morgan fingerprint density at radius 2 is 1.90 bits per heavy atom. The van der Waals surface area contributed by atoms with E-state index in [1.165, 1.54) is 22.2 Å². The first kappa shape index (κ1) is 20.8. The van der Waals surface area contributed by atoms with Crippen LogP contribution in [0.5, 0.6) is 5.75 Å². The summed E-state index contributed by atoms with van der Waals surface area (Å²) in [4.78, 5) is 32.7. The van der Waals surface area contributed by atoms with Gasteiger partial charge in [0.1, 0.15) is 17.0 Å². The average molecular weight is 434 g/mol. The molecule has 0 saturated heterocycles. The van der Waals surface area contributed by atoms with Crippen molar-refractivity contribution in [3.8, 4) is 16.2 Å². The highest BCUT2D eigenvalue weighted by atomic mass is 32.1. The number of thiophene rings is 1. The van der Waals surface area contributed by atoms with Crippen LogP contribution in [-0.4, -0.2) is 34.5 Å². The third kappa shape index (κ3) is 4.36. The number of fused-ring (bicyclic) bond motifs is 1. The quantitative estimate of drug-likeness (QED) is 0.459. The Labute approximate surface area is 184 Å². The second-order valence-electron chi connectivity index (χ2n) is 7.41. The van der Waals surface area contributed by atoms with Crippen molar-refractivity contribution in [2.24, 2.45) is 0 Å². The van der Waals surface area contributed by atoms with E-state index in [4.69, 9.17) is 4.74 Å². The van der Waals surface area contributed by atoms with Gasteiger partial charge in [-0.25, -0.2) is 4.98 Å². The molecule has 2 aromatic carbocycles. The Kier molecular flexibility index (Phi) is 5.86. The molecule has 2 aromatic heterocycles. The molecule has 6 nitrogen and oxygen atoms in total. The lowest BCUT2D eigenvalue weighted by Crippen LogP contribution is -2.33. The van der Waals surface area contributed by atoms with Crippen molar-refractivity contribution in [1.82, 2.24) is 14.5 Å². The Hall–Kier alpha value is -3.45. The van der Waals surface area contributed by atoms with Gasteiger partial charge >= 0.3 is 0 Å². The molecule has 0 spiro atoms. The molecule has 0 unspecified atom stereocenters. The fourth-order valence-corrected chi connectivity index (χ4v) is 4.42. The van der Waals surface area contributed by atoms with Gasteiger partial charge in [-0.3, -0.25) is 14.2 Å². The van der Waals surface area contributed by atoms with Crippen molar-refractivity contribution in [2.75, 3.05) is 14.2 Å². The lowest BCUT2D eigenvalue weighted by Gasteiger charge is -2.19. The van der Waals surface area contributed by atoms with Crippen LogP contribution in [0.3, 0.4) is 0 Å². The predicted octanol–water partition coefficient (Wildman–Crippen LogP) is 4.10. The second kappa shape index (κ2) is 8.73. The number of ether oxygens (including phenoxy) is 1. The van der Waals surface area contributed by atoms with E-state index in [0.29, 0.717) is 16.8 Å². The van der Waals surface area contributed by atoms with Gasteiger partial charge in [0.25, 0.3) is 5.56 Å². The highest BCUT2D eigenvalue weighted by Gasteiger charge is 2.15. The van der Waals surface area contributed by atoms with Crippen LogP contribution in [0.1, 0.15) is 11.1 Å². The molecule has 158 valence electrons. The number of carbonyl (C=O) groups is 1. The number of rotatable bonds is 6. The van der Waals surface area contributed by atoms with E-state index in [-0.39, 0.29) is 18.0 Å². The normalized spacial score (nSPS) is 10.9. The van der Waals surface area contributed by atoms with Crippen LogP contribution < -0.4 is 10.3 Å². The van der Waals surface area contributed by atoms with E-state index in [1.54, 1.807) is 19.1 Å². The second-order valence-corrected chi connectivity index (χ2v) is 8.46. The fourth-order valence-electron chi connectivity index (χ4n) is 3.35. The Balaban J connectivity index is 1.55. The lowest BCUT2D eigenvalue weighted by molar-refractivity contribution is -0.131. The summed E-state index contributed by atoms with van der Waals surface area (Å²) in [5.41, 5.74) is 3.64. The van der Waals surface area contributed by atoms with Crippen LogP contribution in [0, 0.1) is 6.92 Å². The van der Waals surface area contributed by atoms with E-state index >= 15 is 0 Å². The monoisotopic (exact) mass is 433 g/mol. The van der Waals surface area contributed by atoms with Crippen molar-refractivity contribution < 1.29 is 9.53 Å². The van der Waals surface area contributed by atoms with Crippen molar-refractivity contribution >= 4 is 27.5 Å². The molecule has 0 aliphatic heterocycles. The van der Waals surface area contributed by atoms with Gasteiger partial charge in [-0.2, -0.15) is 0 Å². The van der Waals surface area contributed by atoms with Gasteiger partial charge in [0.15, 0.2) is 0 Å². The fraction of sp³-hybridized carbons (Fsp3) is 0.208. The maximum atomic E-state index is 13.0. The van der Waals surface area contributed by atoms with E-state index in [0.717, 1.165) is 27.3 Å². The summed E-state index contributed by atoms with van der Waals surface area (Å²) >= 11 is 1.38. The van der Waals surface area contributed by atoms with E-state index in [2.05, 4.69) is 4.98 Å². The van der Waals surface area contributed by atoms with Crippen LogP contribution in [0.25, 0.3) is 20.7 Å². The van der Waals surface area contributed by atoms with Gasteiger partial charge in [-0.1, -0.05) is 24.3 Å². The third-order valence-corrected chi connectivity index (χ3v) is 6.44. The standard InChI is InChI=1S/C24H23N3O3S/c1-16-6-4-5-7-18(16)13-26(2)22(28)14-27-15-25-20-12-21(31-23(20)24(27)29)17-8-10-19(30-3)11-9-17/h4-12,15H,13-14H2,1-3H3. The molecule has 0 aliphatic rings. The Morgan fingerprint density at radius 3 is 2.61 bits per heavy atom. The summed E-state index contributed by atoms with van der Waals surface area (Å²) < 4.78 is 7.13. The van der Waals surface area contributed by atoms with Crippen LogP contribution in [0.2, 0.25) is 0 Å². The molecule has 0 aliphatic carbocycles. The van der Waals surface area contributed by atoms with Crippen LogP contribution in [0.15, 0.2) is 65.7 Å². The number of aromatic nitrogens is 2. The number of carbonyl (C=O) groups excluding carboxylic acids is 1. The summed E-state index contributed by atoms with van der Waals surface area (Å²) in [7, 11) is 3.37. The van der Waals surface area contributed by atoms with Crippen molar-refractivity contribution in [1.29, 1.82) is 0 Å². The smallest absolute Gasteiger partial charge is 0.271 e. The first-order valence-corrected chi connectivity index (χ1v) is 10.7. The Morgan fingerprint density at radius 1 is 1.16 bits per heavy atom. The molecule has 7 heteroatoms. The molecule has 0 N–H and O–H groups in total. The molecule has 0 atom stereocenters. The van der Waals surface area contributed by atoms with Gasteiger partial charge in [-0.15, -0.1) is 11.3 Å². The van der Waals surface area contributed by atoms with Crippen LogP contribution in [0.4, 0.5) is 0 Å². The van der Waals surface area contributed by atoms with Crippen LogP contribution in [-0.2, 0) is 17.9 Å². The number of benzene rings is 2. The molecule has 4 rings (SSSR count). The Bertz CT molecular complexity index is 1290. The number of aryl methyl sites for hydroxylation is 1. The molecule has 0 fully saturated rings. The summed E-state index contributed by atoms with van der Waals surface area (Å²) in [6, 6.07) is 17.5. The van der Waals surface area contributed by atoms with E-state index in [1.807, 2.05) is 61.5 Å². The van der Waals surface area contributed by atoms with Gasteiger partial charge < -0.3 is 9.64 Å². The van der Waals surface area contributed by atoms with Crippen molar-refractivity contribution in [2.45, 2.75) is 20.0 Å². The highest BCUT2D eigenvalue weighted by molar-refractivity contribution is 7.22. The van der Waals surface area contributed by atoms with E-state index < -0.39 is 0 Å². The number of hydrogen-bond donors (Lipinski definition) is 0. The first-order valence-electron chi connectivity index (χ1n) is 9.88. The molecule has 0 saturated carbocycles. The number of hydrogen-bond acceptors (Lipinski definition) is 5. The molecule has 0 bridgehead atoms. The van der Waals surface area contributed by atoms with Gasteiger partial charge in [-0.05, 0) is 53.9 Å². The minimum atomic E-state index is -0.201. The largest absolute Gasteiger partial charge is 0.497 e. The SMILES string of the molecule is COc1ccc(-c2cc3ncn(CC(=O)N(C)Cc4ccccc4C)c(=O)c3s2)cc1. The molecule has 2 heterocycles. The summed E-state index contributed by atoms with van der Waals surface area (Å²) in [5.74, 6) is 0.636. The molecule has 0 radical (unpaired) electrons. The van der Waals surface area contributed by atoms with Crippen molar-refractivity contribution in [3.05, 3.63) is 82.4 Å². The minimum Gasteiger partial charge on any atom is -0.497 e. The number of methoxy groups -OCH3 is 1. The zero-order valence-electron chi connectivity index (χ0n) is 17.7. The molecular weight excluding hydrogens is 410 g/mol. The van der Waals surface area contributed by atoms with Gasteiger partial charge in [0.05, 0.1) is 19.0 Å². The van der Waals surface area contributed by atoms with Crippen molar-refractivity contribution in [3.63, 3.8) is 0 Å². The number of nitrogens with zero attached hydrogens (tertiary/aromatic N) is 3. The van der Waals surface area contributed by atoms with Gasteiger partial charge in [0.2, 0.25) is 5.91 Å². The highest BCUT2D eigenvalue weighted by Crippen LogP contribution is 2.31. The zero-order valence-corrected chi connectivity index (χ0v) is 18.5. The molecular formula is C24H23N3O3S. The minimum absolute atomic E-state index is 0.0417. The molecule has 1 amide bonds. The zero-order chi connectivity index (χ0) is 22.0. The summed E-state index contributed by atoms with van der Waals surface area (Å²) in [6.45, 7) is 2.48. The molecule has 31 heavy (non-hydrogen) atoms. The maximum Gasteiger partial charge on any atom is 0.271 e. The van der Waals surface area contributed by atoms with Gasteiger partial charge in [0, 0.05) is 18.5 Å². The van der Waals surface area contributed by atoms with E-state index in [9.17, 15) is 9.59 Å². The maximum absolute atomic E-state index is 13.0. The van der Waals surface area contributed by atoms with Crippen LogP contribution >= 0.6 is 11.3 Å². The number of amides is 1. The topological polar surface area (TPSA) is 64.4 Å². The number of likely N-dealkylation sites (N-methyl/N-ethyl adjacent to an activating group) is 1. The first-order chi connectivity index (χ1) is 15.0. The summed E-state index contributed by atoms with van der Waals surface area (Å²) in [5, 5.41) is 0.